The molecule has 0 spiro atoms. The van der Waals surface area contributed by atoms with E-state index in [9.17, 15) is 0 Å². The van der Waals surface area contributed by atoms with Crippen LogP contribution in [-0.4, -0.2) is 35.4 Å². The SMILES string of the molecule is c1ccc(C2(c3ccccc3)c3cc(-n4c5c(c6ccccc64)CCCC5)ccc3B3c4cc(-n5c6c(c7ccccc75)CCC6)cc(-n5c6c(c7ccccc75)CCC6)c4[Se]c4cc(C5C6=C(CCCCC6)c6ccccc65)cc2c43)cc1. The fraction of sp³-hybridized carbons (Fsp3) is 0.215. The van der Waals surface area contributed by atoms with E-state index in [0.29, 0.717) is 0 Å². The van der Waals surface area contributed by atoms with E-state index in [4.69, 9.17) is 0 Å². The summed E-state index contributed by atoms with van der Waals surface area (Å²) in [7, 11) is 0. The Morgan fingerprint density at radius 1 is 0.417 bits per heavy atom. The van der Waals surface area contributed by atoms with Crippen LogP contribution in [-0.2, 0) is 43.9 Å². The number of rotatable bonds is 6. The van der Waals surface area contributed by atoms with Gasteiger partial charge in [0, 0.05) is 0 Å². The number of aryl methyl sites for hydroxylation is 3. The van der Waals surface area contributed by atoms with Gasteiger partial charge in [0.1, 0.15) is 0 Å². The molecule has 404 valence electrons. The number of hydrogen-bond acceptors (Lipinski definition) is 0. The average Bonchev–Trinajstić information content (AvgIpc) is 0.923. The van der Waals surface area contributed by atoms with E-state index < -0.39 is 5.41 Å². The third-order valence-corrected chi connectivity index (χ3v) is 24.0. The zero-order valence-corrected chi connectivity index (χ0v) is 49.3. The van der Waals surface area contributed by atoms with Gasteiger partial charge in [0.2, 0.25) is 0 Å². The molecule has 3 nitrogen and oxygen atoms in total. The van der Waals surface area contributed by atoms with Crippen LogP contribution in [0.2, 0.25) is 0 Å². The molecule has 0 fully saturated rings. The van der Waals surface area contributed by atoms with Crippen LogP contribution in [0.15, 0.2) is 206 Å². The Morgan fingerprint density at radius 2 is 0.976 bits per heavy atom. The van der Waals surface area contributed by atoms with Crippen LogP contribution >= 0.6 is 0 Å². The maximum atomic E-state index is 2.81. The Kier molecular flexibility index (Phi) is 10.6. The standard InChI is InChI=1S/C79H64BN3Se/c1-4-22-50(23-5-1)79(51-24-6-2-7-25-51)64-46-52(81-68-36-16-12-28-56(68)57-29-13-17-37-69(57)81)42-43-66(64)80-67-47-53(82-70-38-18-14-30-58(70)60-34-20-40-71(60)82)48-74(83-72-39-19-15-31-59(72)61-35-21-41-73(61)83)78(67)84-75-45-49(44-65(79)77(75)80)76-62-32-9-3-8-26-54(62)55-27-10-11-33-63(55)76/h1-2,4-7,10-12,14-16,18-19,22-25,27-28,30-31,33,36,38-39,42-48,76H,3,8-9,13,17,20-21,26,29,32,34-35,37,40-41H2. The summed E-state index contributed by atoms with van der Waals surface area (Å²) >= 11 is -0.0597. The molecular weight excluding hydrogens is 1080 g/mol. The van der Waals surface area contributed by atoms with Crippen molar-refractivity contribution >= 4 is 85.3 Å². The van der Waals surface area contributed by atoms with Crippen molar-refractivity contribution in [3.63, 3.8) is 0 Å². The number of nitrogens with zero attached hydrogens (tertiary/aromatic N) is 3. The maximum absolute atomic E-state index is 2.81. The van der Waals surface area contributed by atoms with E-state index in [1.807, 2.05) is 0 Å². The molecule has 0 saturated heterocycles. The van der Waals surface area contributed by atoms with Gasteiger partial charge < -0.3 is 0 Å². The molecule has 2 aliphatic heterocycles. The summed E-state index contributed by atoms with van der Waals surface area (Å²) in [4.78, 5) is 0. The van der Waals surface area contributed by atoms with E-state index in [-0.39, 0.29) is 27.6 Å². The van der Waals surface area contributed by atoms with E-state index >= 15 is 0 Å². The molecule has 5 heterocycles. The predicted octanol–water partition coefficient (Wildman–Crippen LogP) is 14.4. The summed E-state index contributed by atoms with van der Waals surface area (Å²) in [6.45, 7) is -0.0124. The van der Waals surface area contributed by atoms with Crippen LogP contribution in [0.1, 0.15) is 136 Å². The monoisotopic (exact) mass is 1150 g/mol. The second-order valence-corrected chi connectivity index (χ2v) is 27.7. The molecule has 0 amide bonds. The molecule has 84 heavy (non-hydrogen) atoms. The molecule has 7 aliphatic rings. The van der Waals surface area contributed by atoms with E-state index in [2.05, 4.69) is 214 Å². The van der Waals surface area contributed by atoms with E-state index in [1.165, 1.54) is 174 Å². The summed E-state index contributed by atoms with van der Waals surface area (Å²) in [5.41, 5.74) is 34.4. The molecule has 0 radical (unpaired) electrons. The van der Waals surface area contributed by atoms with Gasteiger partial charge in [-0.2, -0.15) is 0 Å². The third kappa shape index (κ3) is 6.61. The second-order valence-electron chi connectivity index (χ2n) is 25.5. The molecule has 12 aromatic rings. The van der Waals surface area contributed by atoms with Crippen LogP contribution < -0.4 is 25.3 Å². The normalized spacial score (nSPS) is 17.9. The minimum atomic E-state index is -0.644. The van der Waals surface area contributed by atoms with Gasteiger partial charge in [0.15, 0.2) is 0 Å². The van der Waals surface area contributed by atoms with Crippen LogP contribution in [0, 0.1) is 0 Å². The molecule has 5 heteroatoms. The first kappa shape index (κ1) is 48.3. The number of benzene rings is 9. The zero-order valence-electron chi connectivity index (χ0n) is 47.6. The fourth-order valence-corrected chi connectivity index (χ4v) is 21.0. The summed E-state index contributed by atoms with van der Waals surface area (Å²) in [5.74, 6) is 0.212. The molecule has 19 rings (SSSR count). The van der Waals surface area contributed by atoms with E-state index in [1.54, 1.807) is 36.8 Å². The van der Waals surface area contributed by atoms with Crippen molar-refractivity contribution in [2.75, 3.05) is 0 Å². The Morgan fingerprint density at radius 3 is 1.68 bits per heavy atom. The summed E-state index contributed by atoms with van der Waals surface area (Å²) in [6, 6.07) is 80.1. The van der Waals surface area contributed by atoms with Crippen molar-refractivity contribution < 1.29 is 0 Å². The number of allylic oxidation sites excluding steroid dienone is 2. The van der Waals surface area contributed by atoms with Crippen molar-refractivity contribution in [3.8, 4) is 17.1 Å². The zero-order chi connectivity index (χ0) is 54.8. The number of fused-ring (bicyclic) bond motifs is 15. The van der Waals surface area contributed by atoms with Crippen molar-refractivity contribution in [1.82, 2.24) is 13.7 Å². The molecule has 0 N–H and O–H groups in total. The van der Waals surface area contributed by atoms with Gasteiger partial charge >= 0.3 is 502 Å². The molecule has 9 aromatic carbocycles. The Labute approximate surface area is 498 Å². The summed E-state index contributed by atoms with van der Waals surface area (Å²) < 4.78 is 11.3. The second kappa shape index (κ2) is 18.5. The molecular formula is C79H64BN3Se. The van der Waals surface area contributed by atoms with Crippen LogP contribution in [0.4, 0.5) is 0 Å². The van der Waals surface area contributed by atoms with Crippen molar-refractivity contribution in [1.29, 1.82) is 0 Å². The van der Waals surface area contributed by atoms with Gasteiger partial charge in [-0.3, -0.25) is 0 Å². The first-order chi connectivity index (χ1) is 41.7. The number of aromatic nitrogens is 3. The van der Waals surface area contributed by atoms with Gasteiger partial charge in [-0.1, -0.05) is 0 Å². The number of hydrogen-bond donors (Lipinski definition) is 0. The Bertz CT molecular complexity index is 4780. The third-order valence-electron chi connectivity index (χ3n) is 21.5. The molecule has 3 aromatic heterocycles. The predicted molar refractivity (Wildman–Crippen MR) is 350 cm³/mol. The molecule has 1 unspecified atom stereocenters. The van der Waals surface area contributed by atoms with Crippen LogP contribution in [0.5, 0.6) is 0 Å². The Balaban J connectivity index is 0.976. The van der Waals surface area contributed by atoms with Crippen LogP contribution in [0.3, 0.4) is 0 Å². The number of para-hydroxylation sites is 3. The van der Waals surface area contributed by atoms with E-state index in [0.717, 1.165) is 44.9 Å². The fourth-order valence-electron chi connectivity index (χ4n) is 18.3. The van der Waals surface area contributed by atoms with Gasteiger partial charge in [-0.25, -0.2) is 0 Å². The van der Waals surface area contributed by atoms with Gasteiger partial charge in [0.25, 0.3) is 0 Å². The summed E-state index contributed by atoms with van der Waals surface area (Å²) in [6.07, 6.45) is 17.8. The van der Waals surface area contributed by atoms with Crippen molar-refractivity contribution in [2.24, 2.45) is 0 Å². The first-order valence-corrected chi connectivity index (χ1v) is 33.4. The summed E-state index contributed by atoms with van der Waals surface area (Å²) in [5, 5.41) is 4.28. The molecule has 5 aliphatic carbocycles. The molecule has 1 atom stereocenters. The van der Waals surface area contributed by atoms with Crippen molar-refractivity contribution in [3.05, 3.63) is 278 Å². The first-order valence-electron chi connectivity index (χ1n) is 31.7. The van der Waals surface area contributed by atoms with Gasteiger partial charge in [-0.15, -0.1) is 0 Å². The Hall–Kier alpha value is -8.08. The van der Waals surface area contributed by atoms with Gasteiger partial charge in [0.05, 0.1) is 0 Å². The quantitative estimate of drug-likeness (QED) is 0.147. The van der Waals surface area contributed by atoms with Crippen molar-refractivity contribution in [2.45, 2.75) is 108 Å². The minimum absolute atomic E-state index is 0.0124. The molecule has 0 bridgehead atoms. The molecule has 0 saturated carbocycles. The van der Waals surface area contributed by atoms with Crippen LogP contribution in [0.25, 0.3) is 55.3 Å². The average molecular weight is 1150 g/mol. The topological polar surface area (TPSA) is 14.8 Å². The van der Waals surface area contributed by atoms with Gasteiger partial charge in [-0.05, 0) is 0 Å².